The van der Waals surface area contributed by atoms with Gasteiger partial charge in [0.05, 0.1) is 19.6 Å². The van der Waals surface area contributed by atoms with Crippen molar-refractivity contribution in [3.05, 3.63) is 35.3 Å². The molecule has 2 aromatic rings. The molecule has 166 valence electrons. The summed E-state index contributed by atoms with van der Waals surface area (Å²) < 4.78 is 29.9. The van der Waals surface area contributed by atoms with Gasteiger partial charge in [0.1, 0.15) is 17.0 Å². The lowest BCUT2D eigenvalue weighted by molar-refractivity contribution is -0.140. The third-order valence-electron chi connectivity index (χ3n) is 4.18. The predicted molar refractivity (Wildman–Crippen MR) is 110 cm³/mol. The number of methoxy groups -OCH3 is 1. The zero-order valence-corrected chi connectivity index (χ0v) is 17.8. The van der Waals surface area contributed by atoms with Gasteiger partial charge < -0.3 is 24.9 Å². The largest absolute Gasteiger partial charge is 0.469 e. The number of primary amides is 1. The molecule has 1 atom stereocenters. The van der Waals surface area contributed by atoms with Crippen LogP contribution in [0.2, 0.25) is 0 Å². The topological polar surface area (TPSA) is 121 Å². The van der Waals surface area contributed by atoms with Crippen molar-refractivity contribution in [2.75, 3.05) is 13.7 Å². The second-order valence-electron chi connectivity index (χ2n) is 7.71. The van der Waals surface area contributed by atoms with Crippen molar-refractivity contribution in [2.24, 2.45) is 5.73 Å². The summed E-state index contributed by atoms with van der Waals surface area (Å²) in [5, 5.41) is 2.82. The van der Waals surface area contributed by atoms with E-state index in [0.717, 1.165) is 6.07 Å². The number of ether oxygens (including phenoxy) is 2. The minimum absolute atomic E-state index is 0.00988. The van der Waals surface area contributed by atoms with E-state index in [2.05, 4.69) is 21.9 Å². The van der Waals surface area contributed by atoms with Crippen molar-refractivity contribution < 1.29 is 32.7 Å². The first-order chi connectivity index (χ1) is 14.5. The number of alkyl carbamates (subject to hydrolysis) is 1. The van der Waals surface area contributed by atoms with Gasteiger partial charge in [-0.3, -0.25) is 9.59 Å². The second-order valence-corrected chi connectivity index (χ2v) is 7.71. The standard InChI is InChI=1S/C22H25FN2O6/c1-22(2,3)31-21(28)25-11-5-6-13-12-15-17(30-13)9-8-16(23)19(15)14(20(24)27)7-10-18(26)29-4/h8-9,12,14H,7,10-11H2,1-4H3,(H2,24,27)(H,25,28). The van der Waals surface area contributed by atoms with Gasteiger partial charge in [0, 0.05) is 23.4 Å². The Hall–Kier alpha value is -3.54. The quantitative estimate of drug-likeness (QED) is 0.535. The zero-order chi connectivity index (χ0) is 23.2. The molecule has 1 unspecified atom stereocenters. The minimum Gasteiger partial charge on any atom is -0.469 e. The average molecular weight is 432 g/mol. The summed E-state index contributed by atoms with van der Waals surface area (Å²) in [6, 6.07) is 4.06. The SMILES string of the molecule is COC(=O)CCC(C(N)=O)c1c(F)ccc2oc(C#CCNC(=O)OC(C)(C)C)cc12. The summed E-state index contributed by atoms with van der Waals surface area (Å²) in [5.74, 6) is 2.65. The van der Waals surface area contributed by atoms with Gasteiger partial charge in [0.25, 0.3) is 0 Å². The molecule has 0 aliphatic rings. The number of carbonyl (C=O) groups excluding carboxylic acids is 3. The maximum Gasteiger partial charge on any atom is 0.408 e. The van der Waals surface area contributed by atoms with Crippen LogP contribution < -0.4 is 11.1 Å². The molecule has 9 heteroatoms. The summed E-state index contributed by atoms with van der Waals surface area (Å²) >= 11 is 0. The molecule has 3 N–H and O–H groups in total. The van der Waals surface area contributed by atoms with Gasteiger partial charge in [0.2, 0.25) is 5.91 Å². The van der Waals surface area contributed by atoms with Gasteiger partial charge in [-0.25, -0.2) is 9.18 Å². The van der Waals surface area contributed by atoms with Crippen LogP contribution in [0.1, 0.15) is 50.9 Å². The Labute approximate surface area is 179 Å². The van der Waals surface area contributed by atoms with Crippen LogP contribution in [-0.2, 0) is 19.1 Å². The first kappa shape index (κ1) is 23.7. The highest BCUT2D eigenvalue weighted by Crippen LogP contribution is 2.33. The number of benzene rings is 1. The predicted octanol–water partition coefficient (Wildman–Crippen LogP) is 2.97. The summed E-state index contributed by atoms with van der Waals surface area (Å²) in [6.07, 6.45) is -0.712. The van der Waals surface area contributed by atoms with Crippen LogP contribution in [0.25, 0.3) is 11.0 Å². The van der Waals surface area contributed by atoms with Crippen LogP contribution in [-0.4, -0.2) is 37.2 Å². The molecule has 0 aliphatic heterocycles. The normalized spacial score (nSPS) is 11.9. The molecule has 1 heterocycles. The van der Waals surface area contributed by atoms with Crippen LogP contribution in [0.5, 0.6) is 0 Å². The van der Waals surface area contributed by atoms with Crippen LogP contribution in [0, 0.1) is 17.7 Å². The molecule has 1 aromatic carbocycles. The van der Waals surface area contributed by atoms with E-state index in [-0.39, 0.29) is 30.7 Å². The van der Waals surface area contributed by atoms with Crippen LogP contribution in [0.3, 0.4) is 0 Å². The number of carbonyl (C=O) groups is 3. The lowest BCUT2D eigenvalue weighted by Crippen LogP contribution is -2.32. The molecule has 0 spiro atoms. The van der Waals surface area contributed by atoms with Crippen LogP contribution >= 0.6 is 0 Å². The fraction of sp³-hybridized carbons (Fsp3) is 0.409. The molecule has 0 saturated carbocycles. The van der Waals surface area contributed by atoms with Crippen molar-refractivity contribution in [1.29, 1.82) is 0 Å². The Kier molecular flexibility index (Phi) is 7.64. The summed E-state index contributed by atoms with van der Waals surface area (Å²) in [7, 11) is 1.22. The molecule has 0 aliphatic carbocycles. The number of furan rings is 1. The Morgan fingerprint density at radius 3 is 2.61 bits per heavy atom. The van der Waals surface area contributed by atoms with Gasteiger partial charge in [0.15, 0.2) is 5.76 Å². The first-order valence-corrected chi connectivity index (χ1v) is 9.55. The molecular formula is C22H25FN2O6. The van der Waals surface area contributed by atoms with E-state index in [1.807, 2.05) is 0 Å². The van der Waals surface area contributed by atoms with E-state index in [1.54, 1.807) is 20.8 Å². The van der Waals surface area contributed by atoms with Crippen molar-refractivity contribution in [3.8, 4) is 11.8 Å². The van der Waals surface area contributed by atoms with E-state index in [1.165, 1.54) is 19.2 Å². The molecule has 31 heavy (non-hydrogen) atoms. The number of hydrogen-bond donors (Lipinski definition) is 2. The fourth-order valence-electron chi connectivity index (χ4n) is 2.88. The number of nitrogens with two attached hydrogens (primary N) is 1. The number of esters is 1. The highest BCUT2D eigenvalue weighted by Gasteiger charge is 2.26. The van der Waals surface area contributed by atoms with Gasteiger partial charge >= 0.3 is 12.1 Å². The second kappa shape index (κ2) is 9.98. The Bertz CT molecular complexity index is 1040. The van der Waals surface area contributed by atoms with Gasteiger partial charge in [-0.05, 0) is 45.2 Å². The van der Waals surface area contributed by atoms with Gasteiger partial charge in [-0.1, -0.05) is 5.92 Å². The Morgan fingerprint density at radius 2 is 2.00 bits per heavy atom. The smallest absolute Gasteiger partial charge is 0.408 e. The fourth-order valence-corrected chi connectivity index (χ4v) is 2.88. The highest BCUT2D eigenvalue weighted by atomic mass is 19.1. The van der Waals surface area contributed by atoms with Crippen LogP contribution in [0.15, 0.2) is 22.6 Å². The van der Waals surface area contributed by atoms with E-state index in [0.29, 0.717) is 11.0 Å². The molecule has 2 rings (SSSR count). The average Bonchev–Trinajstić information content (AvgIpc) is 3.08. The number of nitrogens with one attached hydrogen (secondary N) is 1. The zero-order valence-electron chi connectivity index (χ0n) is 17.8. The van der Waals surface area contributed by atoms with Gasteiger partial charge in [-0.2, -0.15) is 0 Å². The number of amides is 2. The number of rotatable bonds is 6. The third-order valence-corrected chi connectivity index (χ3v) is 4.18. The van der Waals surface area contributed by atoms with E-state index < -0.39 is 35.3 Å². The maximum absolute atomic E-state index is 14.6. The van der Waals surface area contributed by atoms with E-state index in [9.17, 15) is 18.8 Å². The number of fused-ring (bicyclic) bond motifs is 1. The lowest BCUT2D eigenvalue weighted by Gasteiger charge is -2.18. The first-order valence-electron chi connectivity index (χ1n) is 9.55. The lowest BCUT2D eigenvalue weighted by atomic mass is 9.90. The Morgan fingerprint density at radius 1 is 1.29 bits per heavy atom. The van der Waals surface area contributed by atoms with Gasteiger partial charge in [-0.15, -0.1) is 0 Å². The van der Waals surface area contributed by atoms with Crippen molar-refractivity contribution in [1.82, 2.24) is 5.32 Å². The summed E-state index contributed by atoms with van der Waals surface area (Å²) in [4.78, 5) is 35.0. The van der Waals surface area contributed by atoms with Crippen molar-refractivity contribution >= 4 is 28.9 Å². The summed E-state index contributed by atoms with van der Waals surface area (Å²) in [5.41, 5.74) is 5.19. The molecule has 0 saturated heterocycles. The van der Waals surface area contributed by atoms with Crippen LogP contribution in [0.4, 0.5) is 9.18 Å². The summed E-state index contributed by atoms with van der Waals surface area (Å²) in [6.45, 7) is 5.24. The minimum atomic E-state index is -1.05. The maximum atomic E-state index is 14.6. The molecule has 0 bridgehead atoms. The van der Waals surface area contributed by atoms with E-state index >= 15 is 0 Å². The molecular weight excluding hydrogens is 407 g/mol. The van der Waals surface area contributed by atoms with E-state index in [4.69, 9.17) is 14.9 Å². The number of halogens is 1. The van der Waals surface area contributed by atoms with Crippen molar-refractivity contribution in [2.45, 2.75) is 45.1 Å². The van der Waals surface area contributed by atoms with Crippen molar-refractivity contribution in [3.63, 3.8) is 0 Å². The highest BCUT2D eigenvalue weighted by molar-refractivity contribution is 5.91. The molecule has 2 amide bonds. The molecule has 8 nitrogen and oxygen atoms in total. The monoisotopic (exact) mass is 432 g/mol. The Balaban J connectivity index is 2.24. The molecule has 0 radical (unpaired) electrons. The number of hydrogen-bond acceptors (Lipinski definition) is 6. The third kappa shape index (κ3) is 6.74. The molecule has 0 fully saturated rings. The molecule has 1 aromatic heterocycles.